The van der Waals surface area contributed by atoms with Crippen molar-refractivity contribution in [3.63, 3.8) is 0 Å². The van der Waals surface area contributed by atoms with Crippen LogP contribution in [-0.2, 0) is 0 Å². The van der Waals surface area contributed by atoms with Crippen LogP contribution in [0.25, 0.3) is 0 Å². The first-order chi connectivity index (χ1) is 0. The van der Waals surface area contributed by atoms with Crippen LogP contribution in [0, 0.1) is 49.4 Å². The van der Waals surface area contributed by atoms with Gasteiger partial charge in [0.15, 0.2) is 0 Å². The van der Waals surface area contributed by atoms with Crippen molar-refractivity contribution in [3.8, 4) is 0 Å². The van der Waals surface area contributed by atoms with Gasteiger partial charge in [0.1, 0.15) is 0 Å². The Hall–Kier alpha value is 1.90. The van der Waals surface area contributed by atoms with Gasteiger partial charge in [0.25, 0.3) is 0 Å². The summed E-state index contributed by atoms with van der Waals surface area (Å²) in [6.45, 7) is 0. The largest absolute Gasteiger partial charge is 2.00 e. The number of hydrogen-bond acceptors (Lipinski definition) is 0. The van der Waals surface area contributed by atoms with Crippen LogP contribution in [0.5, 0.6) is 0 Å². The van der Waals surface area contributed by atoms with E-state index in [4.69, 9.17) is 0 Å². The van der Waals surface area contributed by atoms with Gasteiger partial charge in [-0.15, -0.1) is 0 Å². The van der Waals surface area contributed by atoms with Crippen molar-refractivity contribution in [2.24, 2.45) is 0 Å². The third-order valence-corrected chi connectivity index (χ3v) is 0. The summed E-state index contributed by atoms with van der Waals surface area (Å²) in [6, 6.07) is 0. The molecule has 0 aliphatic carbocycles. The molecule has 0 rings (SSSR count). The molecule has 0 amide bonds. The van der Waals surface area contributed by atoms with Crippen LogP contribution in [0.15, 0.2) is 0 Å². The Balaban J connectivity index is 0. The van der Waals surface area contributed by atoms with Crippen molar-refractivity contribution in [3.05, 3.63) is 0 Å². The van der Waals surface area contributed by atoms with E-state index in [9.17, 15) is 0 Å². The van der Waals surface area contributed by atoms with Crippen LogP contribution >= 0.6 is 0 Å². The van der Waals surface area contributed by atoms with Crippen molar-refractivity contribution < 1.29 is 87.1 Å². The average molecular weight is 235 g/mol. The molecule has 0 aromatic carbocycles. The normalized spacial score (nSPS) is 0. The van der Waals surface area contributed by atoms with E-state index in [1.165, 1.54) is 0 Å². The van der Waals surface area contributed by atoms with E-state index in [0.29, 0.717) is 0 Å². The minimum atomic E-state index is 0. The molecule has 0 saturated heterocycles. The summed E-state index contributed by atoms with van der Waals surface area (Å²) in [5.74, 6) is 0. The molecule has 0 saturated carbocycles. The van der Waals surface area contributed by atoms with Crippen LogP contribution in [0.4, 0.5) is 0 Å². The molecule has 0 unspecified atom stereocenters. The van der Waals surface area contributed by atoms with Gasteiger partial charge in [0, 0.05) is 0 Å². The predicted octanol–water partition coefficient (Wildman–Crippen LogP) is -15.0. The SMILES string of the molecule is [Eu+2].[F-].[F-].[F-].[F-].[Li+]. The molecule has 0 fully saturated rings. The van der Waals surface area contributed by atoms with E-state index in [2.05, 4.69) is 0 Å². The first-order valence-electron chi connectivity index (χ1n) is 0. The predicted molar refractivity (Wildman–Crippen MR) is 0 cm³/mol. The number of hydrogen-bond donors (Lipinski definition) is 0. The van der Waals surface area contributed by atoms with Crippen molar-refractivity contribution in [1.29, 1.82) is 0 Å². The fourth-order valence-electron chi connectivity index (χ4n) is 0. The van der Waals surface area contributed by atoms with Crippen molar-refractivity contribution in [1.82, 2.24) is 0 Å². The van der Waals surface area contributed by atoms with E-state index in [1.54, 1.807) is 0 Å². The molecule has 6 heavy (non-hydrogen) atoms. The molecule has 37 valence electrons. The van der Waals surface area contributed by atoms with Gasteiger partial charge >= 0.3 is 68.2 Å². The summed E-state index contributed by atoms with van der Waals surface area (Å²) in [5.41, 5.74) is 0. The fraction of sp³-hybridized carbons (Fsp3) is 0. The Morgan fingerprint density at radius 1 is 0.500 bits per heavy atom. The maximum Gasteiger partial charge on any atom is 2.00 e. The molecular formula is EuF4Li-. The molecule has 0 aromatic rings. The molecule has 0 heterocycles. The van der Waals surface area contributed by atoms with Gasteiger partial charge in [-0.05, 0) is 0 Å². The average Bonchev–Trinajstić information content (AvgIpc) is 0. The van der Waals surface area contributed by atoms with Crippen LogP contribution in [-0.4, -0.2) is 0 Å². The van der Waals surface area contributed by atoms with Crippen LogP contribution in [0.2, 0.25) is 0 Å². The van der Waals surface area contributed by atoms with E-state index >= 15 is 0 Å². The van der Waals surface area contributed by atoms with Gasteiger partial charge in [0.05, 0.1) is 0 Å². The van der Waals surface area contributed by atoms with Crippen molar-refractivity contribution >= 4 is 0 Å². The summed E-state index contributed by atoms with van der Waals surface area (Å²) in [7, 11) is 0. The van der Waals surface area contributed by atoms with Crippen LogP contribution < -0.4 is 37.7 Å². The molecule has 0 aromatic heterocycles. The van der Waals surface area contributed by atoms with Gasteiger partial charge in [0.2, 0.25) is 0 Å². The third-order valence-electron chi connectivity index (χ3n) is 0. The maximum absolute atomic E-state index is 0. The standard InChI is InChI=1S/Eu.4FH.Li/h;4*1H;/q+2;;;;;+1/p-4. The van der Waals surface area contributed by atoms with Gasteiger partial charge in [-0.3, -0.25) is 0 Å². The zero-order valence-electron chi connectivity index (χ0n) is 2.89. The first kappa shape index (κ1) is 104. The second kappa shape index (κ2) is 66.5. The summed E-state index contributed by atoms with van der Waals surface area (Å²) in [4.78, 5) is 0. The van der Waals surface area contributed by atoms with Gasteiger partial charge in [-0.2, -0.15) is 0 Å². The zero-order valence-corrected chi connectivity index (χ0v) is 5.31. The quantitative estimate of drug-likeness (QED) is 0.289. The van der Waals surface area contributed by atoms with Crippen molar-refractivity contribution in [2.75, 3.05) is 0 Å². The summed E-state index contributed by atoms with van der Waals surface area (Å²) in [5, 5.41) is 0. The van der Waals surface area contributed by atoms with Gasteiger partial charge < -0.3 is 18.8 Å². The molecule has 0 atom stereocenters. The van der Waals surface area contributed by atoms with Crippen LogP contribution in [0.3, 0.4) is 0 Å². The topological polar surface area (TPSA) is 0 Å². The van der Waals surface area contributed by atoms with Crippen molar-refractivity contribution in [2.45, 2.75) is 0 Å². The van der Waals surface area contributed by atoms with E-state index in [1.807, 2.05) is 0 Å². The summed E-state index contributed by atoms with van der Waals surface area (Å²) >= 11 is 0. The first-order valence-corrected chi connectivity index (χ1v) is 0. The second-order valence-corrected chi connectivity index (χ2v) is 0. The minimum absolute atomic E-state index is 0. The maximum atomic E-state index is 0. The molecule has 6 heteroatoms. The third kappa shape index (κ3) is 39.2. The Kier molecular flexibility index (Phi) is 1150. The molecule has 0 aliphatic heterocycles. The van der Waals surface area contributed by atoms with E-state index in [0.717, 1.165) is 0 Å². The van der Waals surface area contributed by atoms with E-state index in [-0.39, 0.29) is 87.1 Å². The molecule has 1 radical (unpaired) electrons. The number of halogens is 4. The molecule has 0 aliphatic rings. The summed E-state index contributed by atoms with van der Waals surface area (Å²) < 4.78 is 0. The molecular weight excluding hydrogens is 235 g/mol. The van der Waals surface area contributed by atoms with Crippen LogP contribution in [0.1, 0.15) is 0 Å². The molecule has 0 nitrogen and oxygen atoms in total. The Morgan fingerprint density at radius 2 is 0.500 bits per heavy atom. The number of rotatable bonds is 0. The summed E-state index contributed by atoms with van der Waals surface area (Å²) in [6.07, 6.45) is 0. The fourth-order valence-corrected chi connectivity index (χ4v) is 0. The zero-order chi connectivity index (χ0) is 0. The van der Waals surface area contributed by atoms with E-state index < -0.39 is 0 Å². The second-order valence-electron chi connectivity index (χ2n) is 0. The molecule has 0 N–H and O–H groups in total. The monoisotopic (exact) mass is 236 g/mol. The molecule has 0 spiro atoms. The van der Waals surface area contributed by atoms with Gasteiger partial charge in [-0.1, -0.05) is 0 Å². The minimum Gasteiger partial charge on any atom is -1.00 e. The Morgan fingerprint density at radius 3 is 0.500 bits per heavy atom. The smallest absolute Gasteiger partial charge is 1.00 e. The van der Waals surface area contributed by atoms with Gasteiger partial charge in [-0.25, -0.2) is 0 Å². The molecule has 0 bridgehead atoms. The Labute approximate surface area is 85.6 Å². The Bertz CT molecular complexity index is 7.51.